The number of nitrogens with zero attached hydrogens (tertiary/aromatic N) is 1. The van der Waals surface area contributed by atoms with Crippen molar-refractivity contribution in [3.05, 3.63) is 29.8 Å². The fraction of sp³-hybridized carbons (Fsp3) is 0.538. The molecule has 0 aromatic heterocycles. The van der Waals surface area contributed by atoms with Crippen molar-refractivity contribution in [1.29, 1.82) is 0 Å². The Bertz CT molecular complexity index is 277. The summed E-state index contributed by atoms with van der Waals surface area (Å²) in [5.74, 6) is 0.720. The summed E-state index contributed by atoms with van der Waals surface area (Å²) in [6.07, 6.45) is 1.15. The molecule has 0 bridgehead atoms. The number of anilines is 1. The van der Waals surface area contributed by atoms with Crippen LogP contribution in [0.25, 0.3) is 0 Å². The molecule has 0 unspecified atom stereocenters. The third-order valence-corrected chi connectivity index (χ3v) is 2.49. The van der Waals surface area contributed by atoms with Gasteiger partial charge in [0.05, 0.1) is 0 Å². The van der Waals surface area contributed by atoms with Crippen LogP contribution >= 0.6 is 0 Å². The molecule has 2 N–H and O–H groups in total. The van der Waals surface area contributed by atoms with Crippen LogP contribution in [0.2, 0.25) is 0 Å². The van der Waals surface area contributed by atoms with Gasteiger partial charge < -0.3 is 10.6 Å². The van der Waals surface area contributed by atoms with Crippen LogP contribution in [-0.2, 0) is 6.42 Å². The maximum atomic E-state index is 5.52. The summed E-state index contributed by atoms with van der Waals surface area (Å²) in [7, 11) is 2.07. The van der Waals surface area contributed by atoms with Gasteiger partial charge in [0.25, 0.3) is 0 Å². The molecule has 0 spiro atoms. The van der Waals surface area contributed by atoms with Crippen LogP contribution in [-0.4, -0.2) is 20.1 Å². The van der Waals surface area contributed by atoms with Crippen molar-refractivity contribution in [2.45, 2.75) is 20.3 Å². The van der Waals surface area contributed by atoms with E-state index < -0.39 is 0 Å². The van der Waals surface area contributed by atoms with E-state index in [4.69, 9.17) is 5.73 Å². The summed E-state index contributed by atoms with van der Waals surface area (Å²) >= 11 is 0. The molecular weight excluding hydrogens is 184 g/mol. The summed E-state index contributed by atoms with van der Waals surface area (Å²) in [5.41, 5.74) is 8.18. The molecule has 0 aliphatic carbocycles. The molecule has 0 saturated heterocycles. The molecule has 0 amide bonds. The lowest BCUT2D eigenvalue weighted by molar-refractivity contribution is 0.647. The van der Waals surface area contributed by atoms with Gasteiger partial charge in [-0.1, -0.05) is 26.0 Å². The first-order valence-corrected chi connectivity index (χ1v) is 5.63. The van der Waals surface area contributed by atoms with Gasteiger partial charge in [-0.3, -0.25) is 0 Å². The van der Waals surface area contributed by atoms with E-state index in [1.807, 2.05) is 0 Å². The van der Waals surface area contributed by atoms with E-state index in [1.165, 1.54) is 11.3 Å². The predicted molar refractivity (Wildman–Crippen MR) is 67.3 cm³/mol. The maximum absolute atomic E-state index is 5.52. The molecule has 0 heterocycles. The topological polar surface area (TPSA) is 29.3 Å². The molecular formula is C13H22N2. The highest BCUT2D eigenvalue weighted by atomic mass is 15.1. The molecule has 0 aliphatic rings. The van der Waals surface area contributed by atoms with Crippen molar-refractivity contribution in [3.63, 3.8) is 0 Å². The number of benzene rings is 1. The second-order valence-electron chi connectivity index (χ2n) is 4.47. The van der Waals surface area contributed by atoms with Gasteiger partial charge in [0.1, 0.15) is 0 Å². The first-order chi connectivity index (χ1) is 7.13. The first-order valence-electron chi connectivity index (χ1n) is 5.63. The van der Waals surface area contributed by atoms with E-state index in [9.17, 15) is 0 Å². The Morgan fingerprint density at radius 1 is 1.20 bits per heavy atom. The zero-order valence-corrected chi connectivity index (χ0v) is 10.0. The summed E-state index contributed by atoms with van der Waals surface area (Å²) in [5, 5.41) is 0. The summed E-state index contributed by atoms with van der Waals surface area (Å²) in [4.78, 5) is 2.18. The Morgan fingerprint density at radius 2 is 1.80 bits per heavy atom. The Labute approximate surface area is 93.1 Å². The fourth-order valence-corrected chi connectivity index (χ4v) is 1.68. The van der Waals surface area contributed by atoms with Crippen molar-refractivity contribution < 1.29 is 0 Å². The van der Waals surface area contributed by atoms with Crippen LogP contribution in [0.3, 0.4) is 0 Å². The van der Waals surface area contributed by atoms with Gasteiger partial charge in [0.2, 0.25) is 0 Å². The van der Waals surface area contributed by atoms with Crippen molar-refractivity contribution in [2.24, 2.45) is 11.7 Å². The Hall–Kier alpha value is -1.02. The van der Waals surface area contributed by atoms with Crippen LogP contribution < -0.4 is 10.6 Å². The average molecular weight is 206 g/mol. The molecule has 2 heteroatoms. The summed E-state index contributed by atoms with van der Waals surface area (Å²) in [6, 6.07) is 8.77. The van der Waals surface area contributed by atoms with Crippen LogP contribution in [0.4, 0.5) is 5.69 Å². The van der Waals surface area contributed by atoms with E-state index in [0.29, 0.717) is 6.54 Å². The third kappa shape index (κ3) is 3.92. The van der Waals surface area contributed by atoms with Gasteiger partial charge in [-0.15, -0.1) is 0 Å². The highest BCUT2D eigenvalue weighted by Crippen LogP contribution is 2.15. The SMILES string of the molecule is CC(C)Cc1ccc(N(C)CCN)cc1. The molecule has 1 aromatic rings. The summed E-state index contributed by atoms with van der Waals surface area (Å²) in [6.45, 7) is 6.09. The number of hydrogen-bond donors (Lipinski definition) is 1. The minimum absolute atomic E-state index is 0.699. The fourth-order valence-electron chi connectivity index (χ4n) is 1.68. The Kier molecular flexibility index (Phi) is 4.63. The lowest BCUT2D eigenvalue weighted by atomic mass is 10.0. The number of likely N-dealkylation sites (N-methyl/N-ethyl adjacent to an activating group) is 1. The van der Waals surface area contributed by atoms with Gasteiger partial charge in [0, 0.05) is 25.8 Å². The van der Waals surface area contributed by atoms with E-state index in [2.05, 4.69) is 50.1 Å². The maximum Gasteiger partial charge on any atom is 0.0364 e. The van der Waals surface area contributed by atoms with Gasteiger partial charge in [0.15, 0.2) is 0 Å². The monoisotopic (exact) mass is 206 g/mol. The molecule has 0 aliphatic heterocycles. The van der Waals surface area contributed by atoms with Gasteiger partial charge in [-0.05, 0) is 30.0 Å². The van der Waals surface area contributed by atoms with Crippen LogP contribution in [0.5, 0.6) is 0 Å². The minimum atomic E-state index is 0.699. The molecule has 0 atom stereocenters. The van der Waals surface area contributed by atoms with Crippen molar-refractivity contribution in [2.75, 3.05) is 25.0 Å². The van der Waals surface area contributed by atoms with Crippen molar-refractivity contribution in [3.8, 4) is 0 Å². The second-order valence-corrected chi connectivity index (χ2v) is 4.47. The summed E-state index contributed by atoms with van der Waals surface area (Å²) < 4.78 is 0. The molecule has 0 radical (unpaired) electrons. The molecule has 0 saturated carbocycles. The minimum Gasteiger partial charge on any atom is -0.373 e. The smallest absolute Gasteiger partial charge is 0.0364 e. The van der Waals surface area contributed by atoms with Gasteiger partial charge in [-0.25, -0.2) is 0 Å². The van der Waals surface area contributed by atoms with Crippen molar-refractivity contribution in [1.82, 2.24) is 0 Å². The number of hydrogen-bond acceptors (Lipinski definition) is 2. The standard InChI is InChI=1S/C13H22N2/c1-11(2)10-12-4-6-13(7-5-12)15(3)9-8-14/h4-7,11H,8-10,14H2,1-3H3. The van der Waals surface area contributed by atoms with Crippen molar-refractivity contribution >= 4 is 5.69 Å². The number of nitrogens with two attached hydrogens (primary N) is 1. The van der Waals surface area contributed by atoms with Crippen LogP contribution in [0.1, 0.15) is 19.4 Å². The zero-order valence-electron chi connectivity index (χ0n) is 10.0. The van der Waals surface area contributed by atoms with Gasteiger partial charge >= 0.3 is 0 Å². The highest BCUT2D eigenvalue weighted by molar-refractivity contribution is 5.46. The Balaban J connectivity index is 2.63. The average Bonchev–Trinajstić information content (AvgIpc) is 2.18. The largest absolute Gasteiger partial charge is 0.373 e. The Morgan fingerprint density at radius 3 is 2.27 bits per heavy atom. The third-order valence-electron chi connectivity index (χ3n) is 2.49. The molecule has 1 rings (SSSR count). The molecule has 15 heavy (non-hydrogen) atoms. The van der Waals surface area contributed by atoms with Gasteiger partial charge in [-0.2, -0.15) is 0 Å². The van der Waals surface area contributed by atoms with E-state index in [0.717, 1.165) is 18.9 Å². The van der Waals surface area contributed by atoms with E-state index in [1.54, 1.807) is 0 Å². The molecule has 84 valence electrons. The quantitative estimate of drug-likeness (QED) is 0.801. The lowest BCUT2D eigenvalue weighted by Gasteiger charge is -2.18. The molecule has 2 nitrogen and oxygen atoms in total. The number of rotatable bonds is 5. The van der Waals surface area contributed by atoms with E-state index in [-0.39, 0.29) is 0 Å². The van der Waals surface area contributed by atoms with E-state index >= 15 is 0 Å². The molecule has 1 aromatic carbocycles. The van der Waals surface area contributed by atoms with Crippen LogP contribution in [0, 0.1) is 5.92 Å². The lowest BCUT2D eigenvalue weighted by Crippen LogP contribution is -2.24. The van der Waals surface area contributed by atoms with Crippen LogP contribution in [0.15, 0.2) is 24.3 Å². The first kappa shape index (κ1) is 12.1. The zero-order chi connectivity index (χ0) is 11.3. The second kappa shape index (κ2) is 5.76. The predicted octanol–water partition coefficient (Wildman–Crippen LogP) is 2.28. The highest BCUT2D eigenvalue weighted by Gasteiger charge is 2.01. The molecule has 0 fully saturated rings. The normalized spacial score (nSPS) is 10.7.